The molecule has 5 nitrogen and oxygen atoms in total. The maximum Gasteiger partial charge on any atom is 0.239 e. The highest BCUT2D eigenvalue weighted by Gasteiger charge is 2.34. The number of benzene rings is 1. The average molecular weight is 305 g/mol. The van der Waals surface area contributed by atoms with E-state index in [4.69, 9.17) is 5.73 Å². The van der Waals surface area contributed by atoms with E-state index in [2.05, 4.69) is 10.6 Å². The van der Waals surface area contributed by atoms with Crippen molar-refractivity contribution in [3.63, 3.8) is 0 Å². The van der Waals surface area contributed by atoms with E-state index in [-0.39, 0.29) is 11.8 Å². The molecule has 1 fully saturated rings. The van der Waals surface area contributed by atoms with Crippen LogP contribution in [-0.4, -0.2) is 31.4 Å². The second kappa shape index (κ2) is 9.20. The van der Waals surface area contributed by atoms with Gasteiger partial charge < -0.3 is 16.4 Å². The first kappa shape index (κ1) is 18.2. The maximum absolute atomic E-state index is 11.3. The lowest BCUT2D eigenvalue weighted by Crippen LogP contribution is -2.54. The topological polar surface area (TPSA) is 84.2 Å². The molecule has 122 valence electrons. The van der Waals surface area contributed by atoms with Gasteiger partial charge in [-0.2, -0.15) is 0 Å². The lowest BCUT2D eigenvalue weighted by molar-refractivity contribution is -0.127. The standard InChI is InChI=1S/C9H11NO.C8H16N2O/c1-10-9(11)7-8-5-3-2-4-6-8;1-10-7(11)8(9)5-3-2-4-6-8/h2-6H,7H2,1H3,(H,10,11);2-6,9H2,1H3,(H,10,11). The Morgan fingerprint density at radius 2 is 1.64 bits per heavy atom. The molecule has 0 radical (unpaired) electrons. The van der Waals surface area contributed by atoms with E-state index in [1.807, 2.05) is 30.3 Å². The van der Waals surface area contributed by atoms with Crippen LogP contribution in [0.1, 0.15) is 37.7 Å². The molecule has 0 aromatic heterocycles. The summed E-state index contributed by atoms with van der Waals surface area (Å²) in [5.41, 5.74) is 6.39. The second-order valence-corrected chi connectivity index (χ2v) is 5.63. The molecule has 0 heterocycles. The predicted molar refractivity (Wildman–Crippen MR) is 88.3 cm³/mol. The summed E-state index contributed by atoms with van der Waals surface area (Å²) in [6, 6.07) is 9.67. The van der Waals surface area contributed by atoms with Crippen molar-refractivity contribution in [2.24, 2.45) is 5.73 Å². The predicted octanol–water partition coefficient (Wildman–Crippen LogP) is 1.37. The molecule has 1 aliphatic carbocycles. The molecule has 0 atom stereocenters. The Kier molecular flexibility index (Phi) is 7.60. The highest BCUT2D eigenvalue weighted by Crippen LogP contribution is 2.25. The molecular weight excluding hydrogens is 278 g/mol. The third-order valence-corrected chi connectivity index (χ3v) is 3.91. The lowest BCUT2D eigenvalue weighted by atomic mass is 9.82. The Balaban J connectivity index is 0.000000220. The van der Waals surface area contributed by atoms with Crippen molar-refractivity contribution in [2.45, 2.75) is 44.1 Å². The van der Waals surface area contributed by atoms with E-state index in [0.717, 1.165) is 31.2 Å². The Bertz CT molecular complexity index is 468. The molecule has 1 aromatic rings. The van der Waals surface area contributed by atoms with Gasteiger partial charge in [0, 0.05) is 14.1 Å². The van der Waals surface area contributed by atoms with Gasteiger partial charge in [-0.15, -0.1) is 0 Å². The fourth-order valence-electron chi connectivity index (χ4n) is 2.53. The van der Waals surface area contributed by atoms with Crippen LogP contribution >= 0.6 is 0 Å². The third-order valence-electron chi connectivity index (χ3n) is 3.91. The van der Waals surface area contributed by atoms with Gasteiger partial charge in [0.1, 0.15) is 0 Å². The van der Waals surface area contributed by atoms with Crippen molar-refractivity contribution in [1.29, 1.82) is 0 Å². The van der Waals surface area contributed by atoms with Crippen molar-refractivity contribution < 1.29 is 9.59 Å². The fourth-order valence-corrected chi connectivity index (χ4v) is 2.53. The van der Waals surface area contributed by atoms with Crippen LogP contribution in [0.5, 0.6) is 0 Å². The molecule has 0 spiro atoms. The minimum absolute atomic E-state index is 0.00259. The zero-order valence-corrected chi connectivity index (χ0v) is 13.5. The lowest BCUT2D eigenvalue weighted by Gasteiger charge is -2.31. The molecular formula is C17H27N3O2. The normalized spacial score (nSPS) is 16.0. The summed E-state index contributed by atoms with van der Waals surface area (Å²) in [6.45, 7) is 0. The quantitative estimate of drug-likeness (QED) is 0.788. The maximum atomic E-state index is 11.3. The minimum Gasteiger partial charge on any atom is -0.359 e. The third kappa shape index (κ3) is 5.85. The summed E-state index contributed by atoms with van der Waals surface area (Å²) >= 11 is 0. The number of rotatable bonds is 3. The fraction of sp³-hybridized carbons (Fsp3) is 0.529. The highest BCUT2D eigenvalue weighted by atomic mass is 16.2. The SMILES string of the molecule is CNC(=O)C1(N)CCCCC1.CNC(=O)Cc1ccccc1. The van der Waals surface area contributed by atoms with E-state index in [1.54, 1.807) is 14.1 Å². The molecule has 22 heavy (non-hydrogen) atoms. The summed E-state index contributed by atoms with van der Waals surface area (Å²) in [4.78, 5) is 22.1. The van der Waals surface area contributed by atoms with Crippen molar-refractivity contribution in [2.75, 3.05) is 14.1 Å². The molecule has 0 aliphatic heterocycles. The van der Waals surface area contributed by atoms with Crippen LogP contribution < -0.4 is 16.4 Å². The Hall–Kier alpha value is -1.88. The summed E-state index contributed by atoms with van der Waals surface area (Å²) in [5.74, 6) is 0.0494. The summed E-state index contributed by atoms with van der Waals surface area (Å²) < 4.78 is 0. The summed E-state index contributed by atoms with van der Waals surface area (Å²) in [6.07, 6.45) is 5.54. The molecule has 2 amide bonds. The number of nitrogens with two attached hydrogens (primary N) is 1. The number of carbonyl (C=O) groups excluding carboxylic acids is 2. The van der Waals surface area contributed by atoms with Crippen molar-refractivity contribution in [3.05, 3.63) is 35.9 Å². The monoisotopic (exact) mass is 305 g/mol. The smallest absolute Gasteiger partial charge is 0.239 e. The van der Waals surface area contributed by atoms with Gasteiger partial charge in [-0.1, -0.05) is 49.6 Å². The van der Waals surface area contributed by atoms with Crippen LogP contribution in [0, 0.1) is 0 Å². The van der Waals surface area contributed by atoms with Crippen LogP contribution in [0.3, 0.4) is 0 Å². The molecule has 1 aromatic carbocycles. The van der Waals surface area contributed by atoms with Crippen LogP contribution in [0.2, 0.25) is 0 Å². The molecule has 1 aliphatic rings. The van der Waals surface area contributed by atoms with E-state index < -0.39 is 5.54 Å². The van der Waals surface area contributed by atoms with Gasteiger partial charge in [-0.25, -0.2) is 0 Å². The first-order valence-electron chi connectivity index (χ1n) is 7.77. The number of carbonyl (C=O) groups is 2. The van der Waals surface area contributed by atoms with Crippen LogP contribution in [0.25, 0.3) is 0 Å². The van der Waals surface area contributed by atoms with E-state index in [9.17, 15) is 9.59 Å². The molecule has 4 N–H and O–H groups in total. The first-order valence-corrected chi connectivity index (χ1v) is 7.77. The van der Waals surface area contributed by atoms with Gasteiger partial charge in [0.2, 0.25) is 11.8 Å². The summed E-state index contributed by atoms with van der Waals surface area (Å²) in [7, 11) is 3.29. The van der Waals surface area contributed by atoms with Crippen LogP contribution in [-0.2, 0) is 16.0 Å². The number of hydrogen-bond acceptors (Lipinski definition) is 3. The van der Waals surface area contributed by atoms with Gasteiger partial charge in [-0.05, 0) is 18.4 Å². The molecule has 1 saturated carbocycles. The minimum atomic E-state index is -0.562. The number of amides is 2. The second-order valence-electron chi connectivity index (χ2n) is 5.63. The number of likely N-dealkylation sites (N-methyl/N-ethyl adjacent to an activating group) is 2. The molecule has 5 heteroatoms. The molecule has 0 saturated heterocycles. The molecule has 0 unspecified atom stereocenters. The molecule has 2 rings (SSSR count). The zero-order valence-electron chi connectivity index (χ0n) is 13.5. The van der Waals surface area contributed by atoms with Crippen molar-refractivity contribution in [3.8, 4) is 0 Å². The Morgan fingerprint density at radius 1 is 1.05 bits per heavy atom. The number of hydrogen-bond donors (Lipinski definition) is 3. The van der Waals surface area contributed by atoms with Gasteiger partial charge in [0.25, 0.3) is 0 Å². The Morgan fingerprint density at radius 3 is 2.14 bits per heavy atom. The summed E-state index contributed by atoms with van der Waals surface area (Å²) in [5, 5.41) is 5.19. The van der Waals surface area contributed by atoms with E-state index in [1.165, 1.54) is 6.42 Å². The largest absolute Gasteiger partial charge is 0.359 e. The van der Waals surface area contributed by atoms with Gasteiger partial charge in [-0.3, -0.25) is 9.59 Å². The highest BCUT2D eigenvalue weighted by molar-refractivity contribution is 5.85. The van der Waals surface area contributed by atoms with E-state index >= 15 is 0 Å². The van der Waals surface area contributed by atoms with Crippen molar-refractivity contribution in [1.82, 2.24) is 10.6 Å². The average Bonchev–Trinajstić information content (AvgIpc) is 2.56. The van der Waals surface area contributed by atoms with E-state index in [0.29, 0.717) is 6.42 Å². The first-order chi connectivity index (χ1) is 10.5. The zero-order chi connectivity index (χ0) is 16.4. The number of nitrogens with one attached hydrogen (secondary N) is 2. The van der Waals surface area contributed by atoms with Gasteiger partial charge in [0.15, 0.2) is 0 Å². The Labute approximate surface area is 132 Å². The van der Waals surface area contributed by atoms with Crippen LogP contribution in [0.15, 0.2) is 30.3 Å². The van der Waals surface area contributed by atoms with Gasteiger partial charge in [0.05, 0.1) is 12.0 Å². The molecule has 0 bridgehead atoms. The van der Waals surface area contributed by atoms with Gasteiger partial charge >= 0.3 is 0 Å². The van der Waals surface area contributed by atoms with Crippen molar-refractivity contribution >= 4 is 11.8 Å². The van der Waals surface area contributed by atoms with Crippen LogP contribution in [0.4, 0.5) is 0 Å².